The van der Waals surface area contributed by atoms with Gasteiger partial charge in [-0.2, -0.15) is 17.6 Å². The zero-order valence-corrected chi connectivity index (χ0v) is 13.9. The van der Waals surface area contributed by atoms with Crippen LogP contribution < -0.4 is 11.3 Å². The van der Waals surface area contributed by atoms with Crippen LogP contribution >= 0.6 is 12.6 Å². The lowest BCUT2D eigenvalue weighted by atomic mass is 10.1. The van der Waals surface area contributed by atoms with E-state index in [0.717, 1.165) is 0 Å². The first kappa shape index (κ1) is 16.7. The van der Waals surface area contributed by atoms with Gasteiger partial charge in [0.25, 0.3) is 5.56 Å². The predicted molar refractivity (Wildman–Crippen MR) is 86.6 cm³/mol. The van der Waals surface area contributed by atoms with Gasteiger partial charge in [-0.3, -0.25) is 19.1 Å². The Morgan fingerprint density at radius 2 is 2.25 bits per heavy atom. The summed E-state index contributed by atoms with van der Waals surface area (Å²) in [4.78, 5) is 34.0. The summed E-state index contributed by atoms with van der Waals surface area (Å²) in [7, 11) is 0. The van der Waals surface area contributed by atoms with E-state index in [1.807, 2.05) is 0 Å². The van der Waals surface area contributed by atoms with Gasteiger partial charge < -0.3 is 20.3 Å². The van der Waals surface area contributed by atoms with Crippen LogP contribution in [0.1, 0.15) is 19.0 Å². The smallest absolute Gasteiger partial charge is 0.303 e. The summed E-state index contributed by atoms with van der Waals surface area (Å²) >= 11 is 4.14. The SMILES string of the molecule is CC(=O)O[C@@H]1[C@H](O)[C@@H](CS)O[C@H]1n1c(C)nc2c(=O)[nH]c(N)nc21. The van der Waals surface area contributed by atoms with Crippen molar-refractivity contribution in [2.45, 2.75) is 38.4 Å². The van der Waals surface area contributed by atoms with Crippen LogP contribution in [0.2, 0.25) is 0 Å². The van der Waals surface area contributed by atoms with Gasteiger partial charge in [0.15, 0.2) is 23.5 Å². The number of hydrogen-bond donors (Lipinski definition) is 4. The van der Waals surface area contributed by atoms with Gasteiger partial charge in [-0.1, -0.05) is 0 Å². The first-order chi connectivity index (χ1) is 11.3. The molecule has 0 bridgehead atoms. The monoisotopic (exact) mass is 355 g/mol. The molecule has 0 amide bonds. The number of aryl methyl sites for hydroxylation is 1. The van der Waals surface area contributed by atoms with Crippen molar-refractivity contribution in [3.05, 3.63) is 16.2 Å². The number of nitrogen functional groups attached to an aromatic ring is 1. The van der Waals surface area contributed by atoms with Gasteiger partial charge in [0, 0.05) is 12.7 Å². The molecular formula is C13H17N5O5S. The van der Waals surface area contributed by atoms with Gasteiger partial charge in [0.05, 0.1) is 6.10 Å². The number of nitrogens with one attached hydrogen (secondary N) is 1. The molecule has 24 heavy (non-hydrogen) atoms. The number of H-pyrrole nitrogens is 1. The van der Waals surface area contributed by atoms with Crippen molar-refractivity contribution in [2.24, 2.45) is 0 Å². The molecule has 0 unspecified atom stereocenters. The number of ether oxygens (including phenoxy) is 2. The van der Waals surface area contributed by atoms with Crippen LogP contribution in [0.25, 0.3) is 11.2 Å². The number of fused-ring (bicyclic) bond motifs is 1. The van der Waals surface area contributed by atoms with Gasteiger partial charge in [0.2, 0.25) is 5.95 Å². The lowest BCUT2D eigenvalue weighted by Crippen LogP contribution is -2.36. The number of carbonyl (C=O) groups excluding carboxylic acids is 1. The number of aromatic amines is 1. The number of aliphatic hydroxyl groups excluding tert-OH is 1. The first-order valence-corrected chi connectivity index (χ1v) is 7.82. The zero-order chi connectivity index (χ0) is 17.6. The average Bonchev–Trinajstić information content (AvgIpc) is 2.97. The number of rotatable bonds is 3. The maximum Gasteiger partial charge on any atom is 0.303 e. The van der Waals surface area contributed by atoms with Crippen LogP contribution in [0.3, 0.4) is 0 Å². The standard InChI is InChI=1S/C13H17N5O5S/c1-4-15-7-10(16-13(14)17-11(7)21)18(4)12-9(22-5(2)19)8(20)6(3-24)23-12/h6,8-9,12,20,24H,3H2,1-2H3,(H3,14,16,17,21)/t6-,8-,9-,12-/m1/s1. The second-order valence-corrected chi connectivity index (χ2v) is 5.83. The molecule has 11 heteroatoms. The van der Waals surface area contributed by atoms with Crippen molar-refractivity contribution in [1.29, 1.82) is 0 Å². The molecule has 10 nitrogen and oxygen atoms in total. The van der Waals surface area contributed by atoms with Crippen LogP contribution in [-0.2, 0) is 14.3 Å². The summed E-state index contributed by atoms with van der Waals surface area (Å²) in [5.41, 5.74) is 5.37. The summed E-state index contributed by atoms with van der Waals surface area (Å²) in [5, 5.41) is 10.3. The van der Waals surface area contributed by atoms with Crippen molar-refractivity contribution in [3.8, 4) is 0 Å². The molecule has 3 heterocycles. The minimum Gasteiger partial charge on any atom is -0.455 e. The van der Waals surface area contributed by atoms with E-state index in [1.165, 1.54) is 11.5 Å². The Balaban J connectivity index is 2.15. The Bertz CT molecular complexity index is 849. The van der Waals surface area contributed by atoms with E-state index in [2.05, 4.69) is 27.6 Å². The molecule has 3 rings (SSSR count). The number of anilines is 1. The fourth-order valence-corrected chi connectivity index (χ4v) is 3.11. The fourth-order valence-electron chi connectivity index (χ4n) is 2.81. The van der Waals surface area contributed by atoms with Crippen molar-refractivity contribution in [1.82, 2.24) is 19.5 Å². The summed E-state index contributed by atoms with van der Waals surface area (Å²) in [5.74, 6) is -0.0262. The first-order valence-electron chi connectivity index (χ1n) is 7.19. The quantitative estimate of drug-likeness (QED) is 0.411. The van der Waals surface area contributed by atoms with Gasteiger partial charge >= 0.3 is 5.97 Å². The molecule has 0 spiro atoms. The maximum atomic E-state index is 12.0. The van der Waals surface area contributed by atoms with Crippen molar-refractivity contribution >= 4 is 35.7 Å². The molecule has 1 saturated heterocycles. The molecule has 0 radical (unpaired) electrons. The third kappa shape index (κ3) is 2.64. The molecule has 1 aliphatic heterocycles. The number of esters is 1. The van der Waals surface area contributed by atoms with Crippen molar-refractivity contribution in [2.75, 3.05) is 11.5 Å². The molecule has 1 aliphatic rings. The molecule has 2 aromatic rings. The number of thiol groups is 1. The van der Waals surface area contributed by atoms with Crippen LogP contribution in [0.4, 0.5) is 5.95 Å². The molecule has 4 N–H and O–H groups in total. The van der Waals surface area contributed by atoms with E-state index < -0.39 is 36.1 Å². The van der Waals surface area contributed by atoms with Crippen LogP contribution in [0, 0.1) is 6.92 Å². The highest BCUT2D eigenvalue weighted by Crippen LogP contribution is 2.34. The average molecular weight is 355 g/mol. The fraction of sp³-hybridized carbons (Fsp3) is 0.538. The number of aliphatic hydroxyl groups is 1. The number of imidazole rings is 1. The van der Waals surface area contributed by atoms with Gasteiger partial charge in [-0.05, 0) is 6.92 Å². The number of aromatic nitrogens is 4. The molecule has 130 valence electrons. The summed E-state index contributed by atoms with van der Waals surface area (Å²) in [6.45, 7) is 2.88. The number of nitrogens with two attached hydrogens (primary N) is 1. The van der Waals surface area contributed by atoms with E-state index in [9.17, 15) is 14.7 Å². The molecular weight excluding hydrogens is 338 g/mol. The van der Waals surface area contributed by atoms with E-state index in [-0.39, 0.29) is 22.9 Å². The topological polar surface area (TPSA) is 145 Å². The molecule has 0 aliphatic carbocycles. The highest BCUT2D eigenvalue weighted by molar-refractivity contribution is 7.80. The minimum atomic E-state index is -1.08. The summed E-state index contributed by atoms with van der Waals surface area (Å²) in [6, 6.07) is 0. The Kier molecular flexibility index (Phi) is 4.24. The van der Waals surface area contributed by atoms with E-state index in [0.29, 0.717) is 5.82 Å². The maximum absolute atomic E-state index is 12.0. The Hall–Kier alpha value is -2.11. The Labute approximate surface area is 141 Å². The normalized spacial score (nSPS) is 26.8. The van der Waals surface area contributed by atoms with E-state index >= 15 is 0 Å². The molecule has 1 fully saturated rings. The molecule has 0 saturated carbocycles. The van der Waals surface area contributed by atoms with Crippen LogP contribution in [0.15, 0.2) is 4.79 Å². The molecule has 4 atom stereocenters. The third-order valence-electron chi connectivity index (χ3n) is 3.79. The number of carbonyl (C=O) groups is 1. The zero-order valence-electron chi connectivity index (χ0n) is 13.0. The lowest BCUT2D eigenvalue weighted by molar-refractivity contribution is -0.155. The summed E-state index contributed by atoms with van der Waals surface area (Å²) in [6.07, 6.45) is -3.62. The second kappa shape index (κ2) is 6.07. The number of hydrogen-bond acceptors (Lipinski definition) is 9. The third-order valence-corrected chi connectivity index (χ3v) is 4.15. The van der Waals surface area contributed by atoms with E-state index in [4.69, 9.17) is 15.2 Å². The van der Waals surface area contributed by atoms with Crippen LogP contribution in [-0.4, -0.2) is 54.7 Å². The minimum absolute atomic E-state index is 0.0793. The van der Waals surface area contributed by atoms with Gasteiger partial charge in [-0.25, -0.2) is 4.98 Å². The highest BCUT2D eigenvalue weighted by Gasteiger charge is 2.47. The van der Waals surface area contributed by atoms with Gasteiger partial charge in [0.1, 0.15) is 11.9 Å². The van der Waals surface area contributed by atoms with Crippen molar-refractivity contribution in [3.63, 3.8) is 0 Å². The second-order valence-electron chi connectivity index (χ2n) is 5.46. The largest absolute Gasteiger partial charge is 0.455 e. The van der Waals surface area contributed by atoms with Crippen molar-refractivity contribution < 1.29 is 19.4 Å². The van der Waals surface area contributed by atoms with Gasteiger partial charge in [-0.15, -0.1) is 0 Å². The Morgan fingerprint density at radius 3 is 2.88 bits per heavy atom. The summed E-state index contributed by atoms with van der Waals surface area (Å²) < 4.78 is 12.5. The highest BCUT2D eigenvalue weighted by atomic mass is 32.1. The van der Waals surface area contributed by atoms with E-state index in [1.54, 1.807) is 6.92 Å². The number of nitrogens with zero attached hydrogens (tertiary/aromatic N) is 3. The Morgan fingerprint density at radius 1 is 1.54 bits per heavy atom. The predicted octanol–water partition coefficient (Wildman–Crippen LogP) is -0.870. The molecule has 2 aromatic heterocycles. The molecule has 0 aromatic carbocycles. The lowest BCUT2D eigenvalue weighted by Gasteiger charge is -2.22. The van der Waals surface area contributed by atoms with Crippen LogP contribution in [0.5, 0.6) is 0 Å².